The van der Waals surface area contributed by atoms with Crippen molar-refractivity contribution in [2.75, 3.05) is 5.73 Å². The van der Waals surface area contributed by atoms with E-state index in [1.165, 1.54) is 12.1 Å². The van der Waals surface area contributed by atoms with E-state index in [4.69, 9.17) is 10.5 Å². The van der Waals surface area contributed by atoms with Crippen molar-refractivity contribution in [2.45, 2.75) is 0 Å². The normalized spacial score (nSPS) is 10.2. The van der Waals surface area contributed by atoms with Crippen LogP contribution in [0.4, 0.5) is 20.2 Å². The van der Waals surface area contributed by atoms with Crippen molar-refractivity contribution in [3.8, 4) is 11.5 Å². The van der Waals surface area contributed by atoms with Crippen LogP contribution in [0.2, 0.25) is 0 Å². The van der Waals surface area contributed by atoms with Gasteiger partial charge in [-0.2, -0.15) is 0 Å². The standard InChI is InChI=1S/C12H8F2N2O3/c13-7-1-3-9(14)12(5-7)19-8-2-4-11(16(17)18)10(15)6-8/h1-6H,15H2. The van der Waals surface area contributed by atoms with Crippen molar-refractivity contribution < 1.29 is 18.4 Å². The molecule has 0 saturated carbocycles. The quantitative estimate of drug-likeness (QED) is 0.525. The molecular weight excluding hydrogens is 258 g/mol. The summed E-state index contributed by atoms with van der Waals surface area (Å²) >= 11 is 0. The summed E-state index contributed by atoms with van der Waals surface area (Å²) < 4.78 is 31.4. The second-order valence-corrected chi connectivity index (χ2v) is 3.65. The molecule has 0 radical (unpaired) electrons. The predicted molar refractivity (Wildman–Crippen MR) is 63.9 cm³/mol. The second kappa shape index (κ2) is 4.89. The van der Waals surface area contributed by atoms with Crippen LogP contribution in [-0.4, -0.2) is 4.92 Å². The Morgan fingerprint density at radius 1 is 1.16 bits per heavy atom. The summed E-state index contributed by atoms with van der Waals surface area (Å²) in [4.78, 5) is 9.91. The van der Waals surface area contributed by atoms with Crippen LogP contribution in [0.15, 0.2) is 36.4 Å². The maximum Gasteiger partial charge on any atom is 0.292 e. The van der Waals surface area contributed by atoms with Crippen LogP contribution >= 0.6 is 0 Å². The Bertz CT molecular complexity index is 647. The summed E-state index contributed by atoms with van der Waals surface area (Å²) in [5.74, 6) is -1.66. The summed E-state index contributed by atoms with van der Waals surface area (Å²) in [6, 6.07) is 6.28. The highest BCUT2D eigenvalue weighted by Crippen LogP contribution is 2.30. The third kappa shape index (κ3) is 2.76. The topological polar surface area (TPSA) is 78.4 Å². The fourth-order valence-electron chi connectivity index (χ4n) is 1.44. The van der Waals surface area contributed by atoms with Crippen LogP contribution in [0.25, 0.3) is 0 Å². The summed E-state index contributed by atoms with van der Waals surface area (Å²) in [7, 11) is 0. The number of hydrogen-bond acceptors (Lipinski definition) is 4. The predicted octanol–water partition coefficient (Wildman–Crippen LogP) is 3.25. The maximum absolute atomic E-state index is 13.3. The van der Waals surface area contributed by atoms with Crippen molar-refractivity contribution in [3.05, 3.63) is 58.1 Å². The van der Waals surface area contributed by atoms with E-state index in [0.29, 0.717) is 0 Å². The summed E-state index contributed by atoms with van der Waals surface area (Å²) in [5, 5.41) is 10.6. The Labute approximate surface area is 106 Å². The van der Waals surface area contributed by atoms with E-state index in [1.807, 2.05) is 0 Å². The molecule has 0 heterocycles. The largest absolute Gasteiger partial charge is 0.454 e. The van der Waals surface area contributed by atoms with Crippen molar-refractivity contribution in [2.24, 2.45) is 0 Å². The van der Waals surface area contributed by atoms with Crippen LogP contribution in [0, 0.1) is 21.7 Å². The van der Waals surface area contributed by atoms with Gasteiger partial charge in [0.1, 0.15) is 17.3 Å². The number of rotatable bonds is 3. The Morgan fingerprint density at radius 3 is 2.53 bits per heavy atom. The van der Waals surface area contributed by atoms with Gasteiger partial charge in [-0.05, 0) is 18.2 Å². The summed E-state index contributed by atoms with van der Waals surface area (Å²) in [5.41, 5.74) is 5.04. The molecule has 0 unspecified atom stereocenters. The van der Waals surface area contributed by atoms with Crippen LogP contribution < -0.4 is 10.5 Å². The molecule has 2 aromatic rings. The zero-order valence-corrected chi connectivity index (χ0v) is 9.47. The van der Waals surface area contributed by atoms with Gasteiger partial charge in [0.05, 0.1) is 4.92 Å². The van der Waals surface area contributed by atoms with Gasteiger partial charge in [0.2, 0.25) is 0 Å². The van der Waals surface area contributed by atoms with E-state index in [9.17, 15) is 18.9 Å². The molecule has 98 valence electrons. The maximum atomic E-state index is 13.3. The molecule has 0 aliphatic rings. The zero-order valence-electron chi connectivity index (χ0n) is 9.47. The Morgan fingerprint density at radius 2 is 1.89 bits per heavy atom. The highest BCUT2D eigenvalue weighted by molar-refractivity contribution is 5.61. The van der Waals surface area contributed by atoms with E-state index < -0.39 is 16.6 Å². The molecule has 5 nitrogen and oxygen atoms in total. The molecule has 2 aromatic carbocycles. The first-order valence-corrected chi connectivity index (χ1v) is 5.14. The number of nitrogens with zero attached hydrogens (tertiary/aromatic N) is 1. The minimum atomic E-state index is -0.752. The van der Waals surface area contributed by atoms with Gasteiger partial charge < -0.3 is 10.5 Å². The summed E-state index contributed by atoms with van der Waals surface area (Å²) in [6.07, 6.45) is 0. The average Bonchev–Trinajstić information content (AvgIpc) is 2.33. The molecule has 2 rings (SSSR count). The average molecular weight is 266 g/mol. The molecule has 0 saturated heterocycles. The zero-order chi connectivity index (χ0) is 14.0. The Kier molecular flexibility index (Phi) is 3.28. The van der Waals surface area contributed by atoms with Gasteiger partial charge in [-0.1, -0.05) is 0 Å². The van der Waals surface area contributed by atoms with Crippen LogP contribution in [0.3, 0.4) is 0 Å². The fraction of sp³-hybridized carbons (Fsp3) is 0. The minimum absolute atomic E-state index is 0.0765. The lowest BCUT2D eigenvalue weighted by atomic mass is 10.2. The molecule has 0 atom stereocenters. The second-order valence-electron chi connectivity index (χ2n) is 3.65. The lowest BCUT2D eigenvalue weighted by molar-refractivity contribution is -0.383. The van der Waals surface area contributed by atoms with Gasteiger partial charge >= 0.3 is 0 Å². The SMILES string of the molecule is Nc1cc(Oc2cc(F)ccc2F)ccc1[N+](=O)[O-]. The van der Waals surface area contributed by atoms with Gasteiger partial charge in [0.15, 0.2) is 11.6 Å². The number of benzene rings is 2. The first-order chi connectivity index (χ1) is 8.97. The van der Waals surface area contributed by atoms with Gasteiger partial charge in [0, 0.05) is 18.2 Å². The smallest absolute Gasteiger partial charge is 0.292 e. The van der Waals surface area contributed by atoms with E-state index in [0.717, 1.165) is 24.3 Å². The van der Waals surface area contributed by atoms with Crippen LogP contribution in [0.1, 0.15) is 0 Å². The molecule has 0 aliphatic heterocycles. The number of nitrogen functional groups attached to an aromatic ring is 1. The molecule has 2 N–H and O–H groups in total. The van der Waals surface area contributed by atoms with E-state index in [2.05, 4.69) is 0 Å². The molecule has 0 aromatic heterocycles. The van der Waals surface area contributed by atoms with Crippen LogP contribution in [0.5, 0.6) is 11.5 Å². The van der Waals surface area contributed by atoms with Gasteiger partial charge in [-0.3, -0.25) is 10.1 Å². The van der Waals surface area contributed by atoms with Crippen LogP contribution in [-0.2, 0) is 0 Å². The number of hydrogen-bond donors (Lipinski definition) is 1. The molecule has 19 heavy (non-hydrogen) atoms. The molecule has 0 spiro atoms. The number of anilines is 1. The van der Waals surface area contributed by atoms with E-state index in [1.54, 1.807) is 0 Å². The number of halogens is 2. The molecule has 0 fully saturated rings. The molecular formula is C12H8F2N2O3. The van der Waals surface area contributed by atoms with Gasteiger partial charge in [0.25, 0.3) is 5.69 Å². The van der Waals surface area contributed by atoms with Crippen molar-refractivity contribution >= 4 is 11.4 Å². The van der Waals surface area contributed by atoms with Crippen molar-refractivity contribution in [1.29, 1.82) is 0 Å². The molecule has 0 amide bonds. The Balaban J connectivity index is 2.31. The number of nitro benzene ring substituents is 1. The fourth-order valence-corrected chi connectivity index (χ4v) is 1.44. The van der Waals surface area contributed by atoms with Gasteiger partial charge in [-0.25, -0.2) is 8.78 Å². The highest BCUT2D eigenvalue weighted by atomic mass is 19.1. The molecule has 0 bridgehead atoms. The van der Waals surface area contributed by atoms with E-state index >= 15 is 0 Å². The lowest BCUT2D eigenvalue weighted by Gasteiger charge is -2.07. The minimum Gasteiger partial charge on any atom is -0.454 e. The van der Waals surface area contributed by atoms with E-state index in [-0.39, 0.29) is 22.9 Å². The Hall–Kier alpha value is -2.70. The monoisotopic (exact) mass is 266 g/mol. The highest BCUT2D eigenvalue weighted by Gasteiger charge is 2.13. The number of nitrogens with two attached hydrogens (primary N) is 1. The number of ether oxygens (including phenoxy) is 1. The van der Waals surface area contributed by atoms with Gasteiger partial charge in [-0.15, -0.1) is 0 Å². The third-order valence-electron chi connectivity index (χ3n) is 2.32. The molecule has 7 heteroatoms. The summed E-state index contributed by atoms with van der Waals surface area (Å²) in [6.45, 7) is 0. The van der Waals surface area contributed by atoms with Crippen molar-refractivity contribution in [3.63, 3.8) is 0 Å². The first-order valence-electron chi connectivity index (χ1n) is 5.14. The molecule has 0 aliphatic carbocycles. The lowest BCUT2D eigenvalue weighted by Crippen LogP contribution is -1.96. The third-order valence-corrected chi connectivity index (χ3v) is 2.32. The van der Waals surface area contributed by atoms with Crippen molar-refractivity contribution in [1.82, 2.24) is 0 Å². The number of nitro groups is 1. The first kappa shape index (κ1) is 12.7.